The highest BCUT2D eigenvalue weighted by Gasteiger charge is 2.20. The average Bonchev–Trinajstić information content (AvgIpc) is 3.37. The molecule has 0 bridgehead atoms. The van der Waals surface area contributed by atoms with Gasteiger partial charge in [0.2, 0.25) is 0 Å². The van der Waals surface area contributed by atoms with Crippen LogP contribution in [0, 0.1) is 5.92 Å². The molecule has 2 aromatic carbocycles. The summed E-state index contributed by atoms with van der Waals surface area (Å²) in [4.78, 5) is 0. The first-order chi connectivity index (χ1) is 10.3. The highest BCUT2D eigenvalue weighted by molar-refractivity contribution is 5.63. The van der Waals surface area contributed by atoms with Crippen LogP contribution in [-0.4, -0.2) is 19.2 Å². The normalized spacial score (nSPS) is 15.7. The summed E-state index contributed by atoms with van der Waals surface area (Å²) in [5.74, 6) is 1.49. The monoisotopic (exact) mass is 281 g/mol. The molecule has 1 saturated carbocycles. The first-order valence-electron chi connectivity index (χ1n) is 7.83. The van der Waals surface area contributed by atoms with Crippen LogP contribution in [0.4, 0.5) is 0 Å². The van der Waals surface area contributed by atoms with E-state index in [2.05, 4.69) is 60.8 Å². The number of benzene rings is 2. The van der Waals surface area contributed by atoms with Gasteiger partial charge in [-0.25, -0.2) is 0 Å². The van der Waals surface area contributed by atoms with Crippen molar-refractivity contribution in [2.24, 2.45) is 5.92 Å². The maximum atomic E-state index is 5.87. The van der Waals surface area contributed by atoms with Gasteiger partial charge in [-0.2, -0.15) is 0 Å². The average molecular weight is 281 g/mol. The number of ether oxygens (including phenoxy) is 1. The standard InChI is InChI=1S/C19H23NO/c1-15(13-20-18-9-10-18)14-21-19-11-7-17(8-12-19)16-5-3-2-4-6-16/h2-8,11-12,15,18,20H,9-10,13-14H2,1H3. The first kappa shape index (κ1) is 14.2. The summed E-state index contributed by atoms with van der Waals surface area (Å²) in [6.45, 7) is 4.05. The van der Waals surface area contributed by atoms with E-state index in [1.807, 2.05) is 6.07 Å². The van der Waals surface area contributed by atoms with Gasteiger partial charge in [0.25, 0.3) is 0 Å². The molecule has 3 rings (SSSR count). The molecular formula is C19H23NO. The Morgan fingerprint density at radius 3 is 2.33 bits per heavy atom. The number of hydrogen-bond acceptors (Lipinski definition) is 2. The quantitative estimate of drug-likeness (QED) is 0.824. The van der Waals surface area contributed by atoms with Crippen molar-refractivity contribution in [1.82, 2.24) is 5.32 Å². The van der Waals surface area contributed by atoms with Crippen LogP contribution in [0.2, 0.25) is 0 Å². The van der Waals surface area contributed by atoms with Crippen molar-refractivity contribution in [3.8, 4) is 16.9 Å². The van der Waals surface area contributed by atoms with Crippen molar-refractivity contribution in [2.45, 2.75) is 25.8 Å². The highest BCUT2D eigenvalue weighted by atomic mass is 16.5. The second kappa shape index (κ2) is 6.77. The Labute approximate surface area is 127 Å². The van der Waals surface area contributed by atoms with Crippen LogP contribution >= 0.6 is 0 Å². The molecule has 21 heavy (non-hydrogen) atoms. The van der Waals surface area contributed by atoms with Crippen LogP contribution in [0.5, 0.6) is 5.75 Å². The van der Waals surface area contributed by atoms with Crippen molar-refractivity contribution in [3.63, 3.8) is 0 Å². The largest absolute Gasteiger partial charge is 0.493 e. The van der Waals surface area contributed by atoms with Gasteiger partial charge in [-0.15, -0.1) is 0 Å². The van der Waals surface area contributed by atoms with Crippen LogP contribution in [0.15, 0.2) is 54.6 Å². The minimum absolute atomic E-state index is 0.541. The fraction of sp³-hybridized carbons (Fsp3) is 0.368. The Hall–Kier alpha value is -1.80. The maximum absolute atomic E-state index is 5.87. The van der Waals surface area contributed by atoms with Crippen LogP contribution < -0.4 is 10.1 Å². The van der Waals surface area contributed by atoms with E-state index in [1.54, 1.807) is 0 Å². The smallest absolute Gasteiger partial charge is 0.119 e. The van der Waals surface area contributed by atoms with Gasteiger partial charge in [0, 0.05) is 18.5 Å². The first-order valence-corrected chi connectivity index (χ1v) is 7.83. The zero-order valence-electron chi connectivity index (χ0n) is 12.6. The van der Waals surface area contributed by atoms with Crippen molar-refractivity contribution in [2.75, 3.05) is 13.2 Å². The van der Waals surface area contributed by atoms with Gasteiger partial charge in [0.05, 0.1) is 6.61 Å². The Morgan fingerprint density at radius 2 is 1.67 bits per heavy atom. The fourth-order valence-corrected chi connectivity index (χ4v) is 2.33. The Morgan fingerprint density at radius 1 is 1.00 bits per heavy atom. The van der Waals surface area contributed by atoms with E-state index < -0.39 is 0 Å². The van der Waals surface area contributed by atoms with Crippen molar-refractivity contribution in [1.29, 1.82) is 0 Å². The summed E-state index contributed by atoms with van der Waals surface area (Å²) in [7, 11) is 0. The molecule has 0 aliphatic heterocycles. The van der Waals surface area contributed by atoms with Gasteiger partial charge >= 0.3 is 0 Å². The predicted octanol–water partition coefficient (Wildman–Crippen LogP) is 4.12. The molecule has 110 valence electrons. The topological polar surface area (TPSA) is 21.3 Å². The van der Waals surface area contributed by atoms with E-state index in [-0.39, 0.29) is 0 Å². The molecule has 2 nitrogen and oxygen atoms in total. The third kappa shape index (κ3) is 4.33. The summed E-state index contributed by atoms with van der Waals surface area (Å²) in [6, 6.07) is 19.6. The van der Waals surface area contributed by atoms with Gasteiger partial charge in [-0.05, 0) is 36.1 Å². The Balaban J connectivity index is 1.49. The lowest BCUT2D eigenvalue weighted by Gasteiger charge is -2.14. The molecule has 0 spiro atoms. The van der Waals surface area contributed by atoms with Crippen LogP contribution in [0.3, 0.4) is 0 Å². The van der Waals surface area contributed by atoms with Gasteiger partial charge in [0.1, 0.15) is 5.75 Å². The second-order valence-electron chi connectivity index (χ2n) is 5.99. The van der Waals surface area contributed by atoms with Crippen LogP contribution in [0.25, 0.3) is 11.1 Å². The van der Waals surface area contributed by atoms with Gasteiger partial charge in [-0.1, -0.05) is 49.4 Å². The molecule has 2 heteroatoms. The molecular weight excluding hydrogens is 258 g/mol. The molecule has 1 N–H and O–H groups in total. The second-order valence-corrected chi connectivity index (χ2v) is 5.99. The van der Waals surface area contributed by atoms with E-state index in [0.717, 1.165) is 24.9 Å². The lowest BCUT2D eigenvalue weighted by molar-refractivity contribution is 0.255. The summed E-state index contributed by atoms with van der Waals surface area (Å²) >= 11 is 0. The molecule has 1 aliphatic rings. The van der Waals surface area contributed by atoms with E-state index in [9.17, 15) is 0 Å². The SMILES string of the molecule is CC(CNC1CC1)COc1ccc(-c2ccccc2)cc1. The number of rotatable bonds is 7. The number of nitrogens with one attached hydrogen (secondary N) is 1. The van der Waals surface area contributed by atoms with Crippen LogP contribution in [0.1, 0.15) is 19.8 Å². The Bertz CT molecular complexity index is 546. The summed E-state index contributed by atoms with van der Waals surface area (Å²) in [5, 5.41) is 3.54. The third-order valence-electron chi connectivity index (χ3n) is 3.83. The highest BCUT2D eigenvalue weighted by Crippen LogP contribution is 2.22. The van der Waals surface area contributed by atoms with Crippen molar-refractivity contribution < 1.29 is 4.74 Å². The molecule has 2 aromatic rings. The van der Waals surface area contributed by atoms with E-state index in [4.69, 9.17) is 4.74 Å². The zero-order chi connectivity index (χ0) is 14.5. The minimum Gasteiger partial charge on any atom is -0.493 e. The van der Waals surface area contributed by atoms with E-state index in [1.165, 1.54) is 24.0 Å². The van der Waals surface area contributed by atoms with Gasteiger partial charge in [0.15, 0.2) is 0 Å². The van der Waals surface area contributed by atoms with Gasteiger partial charge < -0.3 is 10.1 Å². The van der Waals surface area contributed by atoms with Crippen molar-refractivity contribution in [3.05, 3.63) is 54.6 Å². The third-order valence-corrected chi connectivity index (χ3v) is 3.83. The summed E-state index contributed by atoms with van der Waals surface area (Å²) in [6.07, 6.45) is 2.68. The zero-order valence-corrected chi connectivity index (χ0v) is 12.6. The lowest BCUT2D eigenvalue weighted by Crippen LogP contribution is -2.26. The van der Waals surface area contributed by atoms with Gasteiger partial charge in [-0.3, -0.25) is 0 Å². The summed E-state index contributed by atoms with van der Waals surface area (Å²) < 4.78 is 5.87. The van der Waals surface area contributed by atoms with E-state index in [0.29, 0.717) is 5.92 Å². The van der Waals surface area contributed by atoms with E-state index >= 15 is 0 Å². The van der Waals surface area contributed by atoms with Crippen molar-refractivity contribution >= 4 is 0 Å². The molecule has 0 amide bonds. The predicted molar refractivity (Wildman–Crippen MR) is 87.6 cm³/mol. The summed E-state index contributed by atoms with van der Waals surface area (Å²) in [5.41, 5.74) is 2.47. The number of hydrogen-bond donors (Lipinski definition) is 1. The molecule has 1 aliphatic carbocycles. The molecule has 0 radical (unpaired) electrons. The molecule has 0 aromatic heterocycles. The molecule has 0 heterocycles. The van der Waals surface area contributed by atoms with Crippen LogP contribution in [-0.2, 0) is 0 Å². The molecule has 1 unspecified atom stereocenters. The molecule has 1 fully saturated rings. The minimum atomic E-state index is 0.541. The lowest BCUT2D eigenvalue weighted by atomic mass is 10.1. The Kier molecular flexibility index (Phi) is 4.56. The molecule has 1 atom stereocenters. The molecule has 0 saturated heterocycles. The maximum Gasteiger partial charge on any atom is 0.119 e. The fourth-order valence-electron chi connectivity index (χ4n) is 2.33.